The van der Waals surface area contributed by atoms with Crippen LogP contribution in [0, 0.1) is 0 Å². The maximum Gasteiger partial charge on any atom is 0.269 e. The number of carbonyl (C=O) groups is 3. The van der Waals surface area contributed by atoms with Crippen molar-refractivity contribution in [3.8, 4) is 0 Å². The number of nitrogens with two attached hydrogens (primary N) is 1. The van der Waals surface area contributed by atoms with E-state index in [4.69, 9.17) is 17.3 Å². The first kappa shape index (κ1) is 20.7. The van der Waals surface area contributed by atoms with Crippen LogP contribution in [-0.4, -0.2) is 56.1 Å². The van der Waals surface area contributed by atoms with Crippen molar-refractivity contribution >= 4 is 46.0 Å². The van der Waals surface area contributed by atoms with E-state index in [1.807, 2.05) is 0 Å². The third-order valence-corrected chi connectivity index (χ3v) is 5.23. The molecule has 3 aromatic rings. The van der Waals surface area contributed by atoms with Gasteiger partial charge in [0.25, 0.3) is 5.91 Å². The molecule has 0 bridgehead atoms. The van der Waals surface area contributed by atoms with Gasteiger partial charge in [-0.05, 0) is 18.2 Å². The van der Waals surface area contributed by atoms with Crippen molar-refractivity contribution in [2.75, 3.05) is 11.9 Å². The van der Waals surface area contributed by atoms with E-state index in [0.717, 1.165) is 0 Å². The number of primary amides is 1. The molecule has 0 unspecified atom stereocenters. The molecule has 1 aromatic carbocycles. The van der Waals surface area contributed by atoms with Gasteiger partial charge in [0.15, 0.2) is 5.69 Å². The fraction of sp³-hybridized carbons (Fsp3) is 0.250. The van der Waals surface area contributed by atoms with E-state index >= 15 is 0 Å². The predicted octanol–water partition coefficient (Wildman–Crippen LogP) is 1.76. The number of anilines is 1. The third kappa shape index (κ3) is 4.19. The number of aromatic nitrogens is 3. The highest BCUT2D eigenvalue weighted by molar-refractivity contribution is 6.29. The van der Waals surface area contributed by atoms with Crippen LogP contribution in [0.3, 0.4) is 0 Å². The fourth-order valence-electron chi connectivity index (χ4n) is 3.65. The number of likely N-dealkylation sites (tertiary alicyclic amines) is 1. The van der Waals surface area contributed by atoms with Crippen molar-refractivity contribution in [2.24, 2.45) is 5.73 Å². The number of amides is 3. The van der Waals surface area contributed by atoms with Crippen LogP contribution in [0.4, 0.5) is 10.2 Å². The number of pyridine rings is 1. The molecule has 1 aliphatic heterocycles. The number of alkyl halides is 1. The zero-order chi connectivity index (χ0) is 22.1. The largest absolute Gasteiger partial charge is 0.364 e. The van der Waals surface area contributed by atoms with Crippen molar-refractivity contribution in [3.63, 3.8) is 0 Å². The molecule has 1 saturated heterocycles. The average molecular weight is 445 g/mol. The Balaban J connectivity index is 1.55. The van der Waals surface area contributed by atoms with Gasteiger partial charge in [-0.25, -0.2) is 9.37 Å². The minimum Gasteiger partial charge on any atom is -0.364 e. The monoisotopic (exact) mass is 444 g/mol. The van der Waals surface area contributed by atoms with Crippen LogP contribution < -0.4 is 11.1 Å². The summed E-state index contributed by atoms with van der Waals surface area (Å²) >= 11 is 5.82. The van der Waals surface area contributed by atoms with Crippen molar-refractivity contribution in [3.05, 3.63) is 53.3 Å². The lowest BCUT2D eigenvalue weighted by Crippen LogP contribution is -2.44. The summed E-state index contributed by atoms with van der Waals surface area (Å²) in [5.41, 5.74) is 5.95. The van der Waals surface area contributed by atoms with Crippen LogP contribution in [0.2, 0.25) is 5.15 Å². The number of hydrogen-bond acceptors (Lipinski definition) is 5. The topological polar surface area (TPSA) is 123 Å². The van der Waals surface area contributed by atoms with Gasteiger partial charge in [-0.15, -0.1) is 0 Å². The quantitative estimate of drug-likeness (QED) is 0.580. The normalized spacial score (nSPS) is 18.3. The van der Waals surface area contributed by atoms with Gasteiger partial charge in [-0.1, -0.05) is 35.9 Å². The first-order valence-corrected chi connectivity index (χ1v) is 9.83. The van der Waals surface area contributed by atoms with Crippen molar-refractivity contribution in [2.45, 2.75) is 25.2 Å². The number of rotatable bonds is 5. The summed E-state index contributed by atoms with van der Waals surface area (Å²) in [5, 5.41) is 7.41. The third-order valence-electron chi connectivity index (χ3n) is 5.02. The van der Waals surface area contributed by atoms with Crippen LogP contribution in [0.15, 0.2) is 42.5 Å². The zero-order valence-electron chi connectivity index (χ0n) is 16.2. The highest BCUT2D eigenvalue weighted by atomic mass is 35.5. The summed E-state index contributed by atoms with van der Waals surface area (Å²) in [6.07, 6.45) is -1.48. The van der Waals surface area contributed by atoms with Gasteiger partial charge in [0.2, 0.25) is 11.8 Å². The highest BCUT2D eigenvalue weighted by Gasteiger charge is 2.40. The summed E-state index contributed by atoms with van der Waals surface area (Å²) in [5.74, 6) is -1.59. The number of halogens is 2. The van der Waals surface area contributed by atoms with Crippen molar-refractivity contribution in [1.29, 1.82) is 0 Å². The summed E-state index contributed by atoms with van der Waals surface area (Å²) in [4.78, 5) is 42.5. The number of nitrogens with zero attached hydrogens (tertiary/aromatic N) is 4. The van der Waals surface area contributed by atoms with E-state index in [-0.39, 0.29) is 36.2 Å². The molecule has 3 amide bonds. The number of para-hydroxylation sites is 1. The van der Waals surface area contributed by atoms with E-state index < -0.39 is 29.9 Å². The summed E-state index contributed by atoms with van der Waals surface area (Å²) in [6.45, 7) is -0.499. The van der Waals surface area contributed by atoms with Gasteiger partial charge >= 0.3 is 0 Å². The fourth-order valence-corrected chi connectivity index (χ4v) is 3.81. The molecule has 9 nitrogen and oxygen atoms in total. The molecular weight excluding hydrogens is 427 g/mol. The predicted molar refractivity (Wildman–Crippen MR) is 111 cm³/mol. The maximum absolute atomic E-state index is 14.2. The van der Waals surface area contributed by atoms with Crippen LogP contribution in [0.1, 0.15) is 16.9 Å². The molecule has 0 saturated carbocycles. The molecule has 4 rings (SSSR count). The maximum atomic E-state index is 14.2. The lowest BCUT2D eigenvalue weighted by molar-refractivity contribution is -0.137. The molecule has 2 atom stereocenters. The number of nitrogens with one attached hydrogen (secondary N) is 1. The lowest BCUT2D eigenvalue weighted by atomic mass is 10.2. The average Bonchev–Trinajstić information content (AvgIpc) is 3.29. The van der Waals surface area contributed by atoms with Crippen LogP contribution >= 0.6 is 11.6 Å². The lowest BCUT2D eigenvalue weighted by Gasteiger charge is -2.23. The Hall–Kier alpha value is -3.53. The van der Waals surface area contributed by atoms with E-state index in [2.05, 4.69) is 15.4 Å². The number of fused-ring (bicyclic) bond motifs is 1. The second-order valence-corrected chi connectivity index (χ2v) is 7.50. The molecule has 2 aromatic heterocycles. The summed E-state index contributed by atoms with van der Waals surface area (Å²) in [7, 11) is 0. The number of carbonyl (C=O) groups excluding carboxylic acids is 3. The Morgan fingerprint density at radius 2 is 1.97 bits per heavy atom. The number of hydrogen-bond donors (Lipinski definition) is 2. The van der Waals surface area contributed by atoms with Gasteiger partial charge < -0.3 is 16.0 Å². The van der Waals surface area contributed by atoms with Crippen LogP contribution in [0.5, 0.6) is 0 Å². The van der Waals surface area contributed by atoms with E-state index in [1.165, 1.54) is 9.58 Å². The molecule has 11 heteroatoms. The number of benzene rings is 1. The summed E-state index contributed by atoms with van der Waals surface area (Å²) in [6, 6.07) is 10.5. The van der Waals surface area contributed by atoms with Gasteiger partial charge in [0, 0.05) is 11.8 Å². The standard InChI is InChI=1S/C20H18ClFN6O3/c21-15-6-3-7-16(24-15)25-20(31)14-8-11(22)9-27(14)17(29)10-28-13-5-2-1-4-12(13)18(26-28)19(23)30/h1-7,11,14H,8-10H2,(H2,23,30)(H,24,25,31)/t11-,14+/m1/s1. The van der Waals surface area contributed by atoms with Gasteiger partial charge in [-0.2, -0.15) is 5.10 Å². The van der Waals surface area contributed by atoms with Gasteiger partial charge in [0.05, 0.1) is 12.1 Å². The molecule has 3 N–H and O–H groups in total. The Bertz CT molecular complexity index is 1180. The second-order valence-electron chi connectivity index (χ2n) is 7.12. The zero-order valence-corrected chi connectivity index (χ0v) is 16.9. The SMILES string of the molecule is NC(=O)c1nn(CC(=O)N2C[C@H](F)C[C@H]2C(=O)Nc2cccc(Cl)n2)c2ccccc12. The molecular formula is C20H18ClFN6O3. The minimum atomic E-state index is -1.34. The van der Waals surface area contributed by atoms with E-state index in [9.17, 15) is 18.8 Å². The van der Waals surface area contributed by atoms with Crippen molar-refractivity contribution < 1.29 is 18.8 Å². The second kappa shape index (κ2) is 8.31. The first-order chi connectivity index (χ1) is 14.8. The van der Waals surface area contributed by atoms with E-state index in [1.54, 1.807) is 42.5 Å². The van der Waals surface area contributed by atoms with Gasteiger partial charge in [0.1, 0.15) is 29.7 Å². The molecule has 0 aliphatic carbocycles. The highest BCUT2D eigenvalue weighted by Crippen LogP contribution is 2.24. The Morgan fingerprint density at radius 1 is 1.19 bits per heavy atom. The van der Waals surface area contributed by atoms with Crippen LogP contribution in [0.25, 0.3) is 10.9 Å². The van der Waals surface area contributed by atoms with Crippen molar-refractivity contribution in [1.82, 2.24) is 19.7 Å². The van der Waals surface area contributed by atoms with E-state index in [0.29, 0.717) is 10.9 Å². The smallest absolute Gasteiger partial charge is 0.269 e. The Labute approximate surface area is 181 Å². The minimum absolute atomic E-state index is 0.0366. The summed E-state index contributed by atoms with van der Waals surface area (Å²) < 4.78 is 15.5. The molecule has 1 fully saturated rings. The first-order valence-electron chi connectivity index (χ1n) is 9.46. The van der Waals surface area contributed by atoms with Crippen LogP contribution in [-0.2, 0) is 16.1 Å². The molecule has 0 radical (unpaired) electrons. The molecule has 31 heavy (non-hydrogen) atoms. The molecule has 0 spiro atoms. The Kier molecular flexibility index (Phi) is 5.55. The molecule has 3 heterocycles. The van der Waals surface area contributed by atoms with Gasteiger partial charge in [-0.3, -0.25) is 19.1 Å². The molecule has 160 valence electrons. The Morgan fingerprint density at radius 3 is 2.71 bits per heavy atom. The molecule has 1 aliphatic rings.